The molecule has 3 N–H and O–H groups in total. The Hall–Kier alpha value is -1.59. The van der Waals surface area contributed by atoms with Crippen LogP contribution in [0.5, 0.6) is 5.75 Å². The average molecular weight is 263 g/mol. The van der Waals surface area contributed by atoms with Crippen LogP contribution >= 0.6 is 0 Å². The van der Waals surface area contributed by atoms with Crippen LogP contribution in [0.1, 0.15) is 12.5 Å². The molecule has 1 unspecified atom stereocenters. The van der Waals surface area contributed by atoms with E-state index in [1.165, 1.54) is 5.56 Å². The van der Waals surface area contributed by atoms with Crippen molar-refractivity contribution in [3.63, 3.8) is 0 Å². The molecule has 1 aromatic carbocycles. The molecule has 0 aliphatic carbocycles. The van der Waals surface area contributed by atoms with E-state index in [4.69, 9.17) is 10.5 Å². The van der Waals surface area contributed by atoms with Crippen LogP contribution in [-0.4, -0.2) is 38.7 Å². The highest BCUT2D eigenvalue weighted by atomic mass is 16.5. The van der Waals surface area contributed by atoms with E-state index in [1.54, 1.807) is 11.9 Å². The molecule has 0 saturated carbocycles. The van der Waals surface area contributed by atoms with Crippen LogP contribution in [-0.2, 0) is 11.2 Å². The first-order valence-electron chi connectivity index (χ1n) is 6.56. The number of hydrogen-bond acceptors (Lipinski definition) is 4. The molecular weight excluding hydrogens is 242 g/mol. The second kappa shape index (κ2) is 6.04. The molecule has 0 fully saturated rings. The maximum absolute atomic E-state index is 11.6. The lowest BCUT2D eigenvalue weighted by Gasteiger charge is -2.26. The number of carbonyl (C=O) groups excluding carboxylic acids is 1. The Bertz CT molecular complexity index is 460. The number of carbonyl (C=O) groups is 1. The number of anilines is 1. The number of nitrogens with two attached hydrogens (primary N) is 1. The number of amides is 1. The quantitative estimate of drug-likeness (QED) is 0.760. The summed E-state index contributed by atoms with van der Waals surface area (Å²) in [5, 5.41) is 3.30. The molecule has 0 saturated heterocycles. The second-order valence-electron chi connectivity index (χ2n) is 4.97. The van der Waals surface area contributed by atoms with Crippen LogP contribution < -0.4 is 20.7 Å². The smallest absolute Gasteiger partial charge is 0.264 e. The molecule has 19 heavy (non-hydrogen) atoms. The highest BCUT2D eigenvalue weighted by Crippen LogP contribution is 2.31. The van der Waals surface area contributed by atoms with Gasteiger partial charge in [0.15, 0.2) is 6.61 Å². The van der Waals surface area contributed by atoms with E-state index in [-0.39, 0.29) is 18.6 Å². The number of likely N-dealkylation sites (N-methyl/N-ethyl adjacent to an activating group) is 1. The zero-order chi connectivity index (χ0) is 13.8. The van der Waals surface area contributed by atoms with Gasteiger partial charge < -0.3 is 20.7 Å². The number of ether oxygens (including phenoxy) is 1. The van der Waals surface area contributed by atoms with Gasteiger partial charge in [-0.1, -0.05) is 6.07 Å². The Labute approximate surface area is 113 Å². The van der Waals surface area contributed by atoms with Crippen molar-refractivity contribution < 1.29 is 9.53 Å². The Kier molecular flexibility index (Phi) is 4.39. The first-order chi connectivity index (χ1) is 9.08. The van der Waals surface area contributed by atoms with Gasteiger partial charge in [0.2, 0.25) is 0 Å². The van der Waals surface area contributed by atoms with E-state index in [0.29, 0.717) is 0 Å². The Morgan fingerprint density at radius 3 is 3.05 bits per heavy atom. The van der Waals surface area contributed by atoms with Crippen LogP contribution in [0, 0.1) is 0 Å². The van der Waals surface area contributed by atoms with E-state index in [1.807, 2.05) is 25.1 Å². The topological polar surface area (TPSA) is 67.6 Å². The summed E-state index contributed by atoms with van der Waals surface area (Å²) in [5.41, 5.74) is 7.70. The number of hydrogen-bond donors (Lipinski definition) is 2. The molecular formula is C14H21N3O2. The molecule has 1 atom stereocenters. The minimum atomic E-state index is -0.0141. The second-order valence-corrected chi connectivity index (χ2v) is 4.97. The van der Waals surface area contributed by atoms with Gasteiger partial charge in [-0.05, 0) is 37.6 Å². The molecule has 0 radical (unpaired) electrons. The molecule has 104 valence electrons. The minimum absolute atomic E-state index is 0.0141. The summed E-state index contributed by atoms with van der Waals surface area (Å²) < 4.78 is 5.39. The van der Waals surface area contributed by atoms with Gasteiger partial charge >= 0.3 is 0 Å². The fourth-order valence-corrected chi connectivity index (χ4v) is 2.04. The molecule has 0 bridgehead atoms. The van der Waals surface area contributed by atoms with Crippen LogP contribution in [0.4, 0.5) is 5.69 Å². The number of fused-ring (bicyclic) bond motifs is 1. The molecule has 1 aliphatic heterocycles. The minimum Gasteiger partial charge on any atom is -0.482 e. The molecule has 2 rings (SSSR count). The van der Waals surface area contributed by atoms with E-state index in [0.717, 1.165) is 30.9 Å². The van der Waals surface area contributed by atoms with Crippen molar-refractivity contribution in [2.75, 3.05) is 31.6 Å². The molecule has 0 spiro atoms. The van der Waals surface area contributed by atoms with E-state index < -0.39 is 0 Å². The molecule has 5 nitrogen and oxygen atoms in total. The van der Waals surface area contributed by atoms with Gasteiger partial charge in [0.05, 0.1) is 5.69 Å². The summed E-state index contributed by atoms with van der Waals surface area (Å²) in [6.07, 6.45) is 0.905. The Morgan fingerprint density at radius 2 is 2.32 bits per heavy atom. The number of benzene rings is 1. The van der Waals surface area contributed by atoms with Gasteiger partial charge in [-0.2, -0.15) is 0 Å². The largest absolute Gasteiger partial charge is 0.482 e. The van der Waals surface area contributed by atoms with Crippen LogP contribution in [0.2, 0.25) is 0 Å². The Morgan fingerprint density at radius 1 is 1.53 bits per heavy atom. The lowest BCUT2D eigenvalue weighted by molar-refractivity contribution is -0.120. The summed E-state index contributed by atoms with van der Waals surface area (Å²) in [4.78, 5) is 13.2. The number of rotatable bonds is 5. The number of nitrogens with zero attached hydrogens (tertiary/aromatic N) is 1. The van der Waals surface area contributed by atoms with Crippen molar-refractivity contribution >= 4 is 11.6 Å². The maximum atomic E-state index is 11.6. The van der Waals surface area contributed by atoms with Crippen molar-refractivity contribution in [3.8, 4) is 5.75 Å². The standard InChI is InChI=1S/C14H21N3O2/c1-10(15)8-16-6-5-11-3-4-13-12(7-11)17(2)14(18)9-19-13/h3-4,7,10,16H,5-6,8-9,15H2,1-2H3. The van der Waals surface area contributed by atoms with Gasteiger partial charge in [0.1, 0.15) is 5.75 Å². The molecule has 1 aromatic rings. The first-order valence-corrected chi connectivity index (χ1v) is 6.56. The van der Waals surface area contributed by atoms with Gasteiger partial charge in [-0.15, -0.1) is 0 Å². The summed E-state index contributed by atoms with van der Waals surface area (Å²) in [7, 11) is 1.78. The Balaban J connectivity index is 1.98. The fraction of sp³-hybridized carbons (Fsp3) is 0.500. The predicted octanol–water partition coefficient (Wildman–Crippen LogP) is 0.521. The summed E-state index contributed by atoms with van der Waals surface area (Å²) in [6.45, 7) is 3.79. The third-order valence-electron chi connectivity index (χ3n) is 3.17. The van der Waals surface area contributed by atoms with Crippen LogP contribution in [0.3, 0.4) is 0 Å². The first kappa shape index (κ1) is 13.8. The van der Waals surface area contributed by atoms with Gasteiger partial charge in [0, 0.05) is 19.6 Å². The fourth-order valence-electron chi connectivity index (χ4n) is 2.04. The monoisotopic (exact) mass is 263 g/mol. The van der Waals surface area contributed by atoms with Gasteiger partial charge in [-0.3, -0.25) is 4.79 Å². The normalized spacial score (nSPS) is 15.9. The van der Waals surface area contributed by atoms with E-state index >= 15 is 0 Å². The summed E-state index contributed by atoms with van der Waals surface area (Å²) >= 11 is 0. The highest BCUT2D eigenvalue weighted by molar-refractivity contribution is 5.97. The van der Waals surface area contributed by atoms with Crippen molar-refractivity contribution in [1.82, 2.24) is 5.32 Å². The van der Waals surface area contributed by atoms with Crippen molar-refractivity contribution in [1.29, 1.82) is 0 Å². The SMILES string of the molecule is CC(N)CNCCc1ccc2c(c1)N(C)C(=O)CO2. The lowest BCUT2D eigenvalue weighted by Crippen LogP contribution is -2.35. The van der Waals surface area contributed by atoms with Crippen LogP contribution in [0.25, 0.3) is 0 Å². The molecule has 0 aromatic heterocycles. The summed E-state index contributed by atoms with van der Waals surface area (Å²) in [5.74, 6) is 0.758. The van der Waals surface area contributed by atoms with Gasteiger partial charge in [0.25, 0.3) is 5.91 Å². The maximum Gasteiger partial charge on any atom is 0.264 e. The van der Waals surface area contributed by atoms with E-state index in [2.05, 4.69) is 5.32 Å². The molecule has 5 heteroatoms. The molecule has 1 heterocycles. The number of nitrogens with one attached hydrogen (secondary N) is 1. The van der Waals surface area contributed by atoms with Crippen molar-refractivity contribution in [2.45, 2.75) is 19.4 Å². The highest BCUT2D eigenvalue weighted by Gasteiger charge is 2.21. The third kappa shape index (κ3) is 3.45. The van der Waals surface area contributed by atoms with Gasteiger partial charge in [-0.25, -0.2) is 0 Å². The molecule has 1 aliphatic rings. The predicted molar refractivity (Wildman–Crippen MR) is 75.6 cm³/mol. The van der Waals surface area contributed by atoms with E-state index in [9.17, 15) is 4.79 Å². The molecule has 1 amide bonds. The lowest BCUT2D eigenvalue weighted by atomic mass is 10.1. The van der Waals surface area contributed by atoms with Crippen molar-refractivity contribution in [3.05, 3.63) is 23.8 Å². The van der Waals surface area contributed by atoms with Crippen molar-refractivity contribution in [2.24, 2.45) is 5.73 Å². The average Bonchev–Trinajstić information content (AvgIpc) is 2.39. The third-order valence-corrected chi connectivity index (χ3v) is 3.17. The van der Waals surface area contributed by atoms with Crippen LogP contribution in [0.15, 0.2) is 18.2 Å². The summed E-state index contributed by atoms with van der Waals surface area (Å²) in [6, 6.07) is 6.15. The zero-order valence-corrected chi connectivity index (χ0v) is 11.5. The zero-order valence-electron chi connectivity index (χ0n) is 11.5.